The Bertz CT molecular complexity index is 705. The summed E-state index contributed by atoms with van der Waals surface area (Å²) in [5.41, 5.74) is 0.995. The third-order valence-electron chi connectivity index (χ3n) is 4.40. The molecule has 0 N–H and O–H groups in total. The largest absolute Gasteiger partial charge is 0.465 e. The number of amides is 2. The molecule has 0 aliphatic carbocycles. The maximum absolute atomic E-state index is 12.8. The number of rotatable bonds is 5. The van der Waals surface area contributed by atoms with E-state index in [-0.39, 0.29) is 11.8 Å². The highest BCUT2D eigenvalue weighted by atomic mass is 33.1. The average Bonchev–Trinajstić information content (AvgIpc) is 2.58. The van der Waals surface area contributed by atoms with Crippen molar-refractivity contribution in [3.63, 3.8) is 0 Å². The number of hydrogen-bond donors (Lipinski definition) is 0. The fraction of sp³-hybridized carbons (Fsp3) is 0.444. The van der Waals surface area contributed by atoms with E-state index in [2.05, 4.69) is 13.8 Å². The van der Waals surface area contributed by atoms with E-state index < -0.39 is 10.2 Å². The van der Waals surface area contributed by atoms with Crippen LogP contribution < -0.4 is 4.74 Å². The van der Waals surface area contributed by atoms with Crippen LogP contribution in [0.5, 0.6) is 5.75 Å². The normalized spacial score (nSPS) is 26.2. The zero-order valence-electron chi connectivity index (χ0n) is 14.8. The van der Waals surface area contributed by atoms with E-state index in [1.54, 1.807) is 30.2 Å². The molecule has 7 heteroatoms. The number of ether oxygens (including phenoxy) is 1. The molecule has 134 valence electrons. The number of piperazine rings is 1. The van der Waals surface area contributed by atoms with Crippen molar-refractivity contribution in [2.75, 3.05) is 14.1 Å². The van der Waals surface area contributed by atoms with Crippen LogP contribution in [0.1, 0.15) is 19.4 Å². The quantitative estimate of drug-likeness (QED) is 0.582. The summed E-state index contributed by atoms with van der Waals surface area (Å²) in [7, 11) is 6.39. The fourth-order valence-corrected chi connectivity index (χ4v) is 6.29. The van der Waals surface area contributed by atoms with Crippen molar-refractivity contribution >= 4 is 33.4 Å². The van der Waals surface area contributed by atoms with Gasteiger partial charge < -0.3 is 14.5 Å². The minimum atomic E-state index is -0.870. The van der Waals surface area contributed by atoms with Crippen LogP contribution in [0.15, 0.2) is 36.6 Å². The Morgan fingerprint density at radius 2 is 1.92 bits per heavy atom. The summed E-state index contributed by atoms with van der Waals surface area (Å²) in [4.78, 5) is 27.5. The average molecular weight is 379 g/mol. The molecule has 1 aromatic carbocycles. The molecule has 0 spiro atoms. The molecule has 3 saturated heterocycles. The Labute approximate surface area is 156 Å². The topological polar surface area (TPSA) is 49.9 Å². The van der Waals surface area contributed by atoms with E-state index in [9.17, 15) is 9.59 Å². The third kappa shape index (κ3) is 3.27. The molecule has 3 aliphatic heterocycles. The van der Waals surface area contributed by atoms with Crippen LogP contribution in [0, 0.1) is 5.92 Å². The predicted molar refractivity (Wildman–Crippen MR) is 102 cm³/mol. The molecule has 3 heterocycles. The van der Waals surface area contributed by atoms with Gasteiger partial charge >= 0.3 is 0 Å². The molecule has 2 bridgehead atoms. The summed E-state index contributed by atoms with van der Waals surface area (Å²) in [5.74, 6) is 1.17. The summed E-state index contributed by atoms with van der Waals surface area (Å²) in [5, 5.41) is -0.409. The third-order valence-corrected chi connectivity index (χ3v) is 7.73. The Morgan fingerprint density at radius 1 is 1.24 bits per heavy atom. The van der Waals surface area contributed by atoms with E-state index in [4.69, 9.17) is 4.74 Å². The number of benzene rings is 1. The summed E-state index contributed by atoms with van der Waals surface area (Å²) in [6.45, 7) is 4.17. The van der Waals surface area contributed by atoms with Gasteiger partial charge in [0, 0.05) is 20.5 Å². The summed E-state index contributed by atoms with van der Waals surface area (Å²) in [6.07, 6.45) is 4.15. The second-order valence-corrected chi connectivity index (χ2v) is 9.20. The lowest BCUT2D eigenvalue weighted by atomic mass is 10.0. The molecule has 3 fully saturated rings. The van der Waals surface area contributed by atoms with Gasteiger partial charge in [0.15, 0.2) is 10.2 Å². The highest BCUT2D eigenvalue weighted by Crippen LogP contribution is 2.53. The Hall–Kier alpha value is -1.60. The molecular weight excluding hydrogens is 356 g/mol. The molecule has 0 radical (unpaired) electrons. The predicted octanol–water partition coefficient (Wildman–Crippen LogP) is 3.13. The smallest absolute Gasteiger partial charge is 0.261 e. The maximum Gasteiger partial charge on any atom is 0.261 e. The van der Waals surface area contributed by atoms with Gasteiger partial charge in [0.1, 0.15) is 5.75 Å². The number of hydrogen-bond acceptors (Lipinski definition) is 5. The molecule has 2 atom stereocenters. The molecule has 0 aromatic heterocycles. The molecule has 2 unspecified atom stereocenters. The Balaban J connectivity index is 1.77. The van der Waals surface area contributed by atoms with Gasteiger partial charge in [-0.05, 0) is 29.7 Å². The van der Waals surface area contributed by atoms with Crippen LogP contribution in [0.2, 0.25) is 0 Å². The molecule has 4 rings (SSSR count). The van der Waals surface area contributed by atoms with Crippen LogP contribution in [0.3, 0.4) is 0 Å². The first-order valence-corrected chi connectivity index (χ1v) is 10.4. The van der Waals surface area contributed by atoms with Gasteiger partial charge in [-0.2, -0.15) is 0 Å². The van der Waals surface area contributed by atoms with Gasteiger partial charge in [0.25, 0.3) is 11.8 Å². The maximum atomic E-state index is 12.8. The van der Waals surface area contributed by atoms with Crippen LogP contribution in [0.4, 0.5) is 0 Å². The first kappa shape index (κ1) is 18.2. The SMILES string of the molecule is CC(C)C=COc1ccc(CC23SSC(C(=O)N2C)N(C)C3=O)cc1. The number of fused-ring (bicyclic) bond motifs is 3. The van der Waals surface area contributed by atoms with Crippen molar-refractivity contribution in [1.82, 2.24) is 9.80 Å². The van der Waals surface area contributed by atoms with Crippen molar-refractivity contribution in [2.24, 2.45) is 5.92 Å². The highest BCUT2D eigenvalue weighted by molar-refractivity contribution is 8.78. The zero-order chi connectivity index (χ0) is 18.2. The second-order valence-electron chi connectivity index (χ2n) is 6.64. The number of allylic oxidation sites excluding steroid dienone is 1. The molecule has 5 nitrogen and oxygen atoms in total. The van der Waals surface area contributed by atoms with Crippen molar-refractivity contribution in [1.29, 1.82) is 0 Å². The van der Waals surface area contributed by atoms with Crippen molar-refractivity contribution in [3.8, 4) is 5.75 Å². The molecular formula is C18H22N2O3S2. The molecule has 2 amide bonds. The van der Waals surface area contributed by atoms with Crippen molar-refractivity contribution in [2.45, 2.75) is 30.5 Å². The van der Waals surface area contributed by atoms with Gasteiger partial charge in [-0.3, -0.25) is 9.59 Å². The van der Waals surface area contributed by atoms with E-state index in [1.807, 2.05) is 30.3 Å². The fourth-order valence-electron chi connectivity index (χ4n) is 2.82. The van der Waals surface area contributed by atoms with Crippen LogP contribution in [-0.4, -0.2) is 46.0 Å². The highest BCUT2D eigenvalue weighted by Gasteiger charge is 2.59. The van der Waals surface area contributed by atoms with Crippen molar-refractivity contribution < 1.29 is 14.3 Å². The monoisotopic (exact) mass is 378 g/mol. The summed E-state index contributed by atoms with van der Waals surface area (Å²) in [6, 6.07) is 7.67. The van der Waals surface area contributed by atoms with Gasteiger partial charge in [-0.1, -0.05) is 47.6 Å². The van der Waals surface area contributed by atoms with Crippen LogP contribution >= 0.6 is 21.6 Å². The van der Waals surface area contributed by atoms with Gasteiger partial charge in [-0.15, -0.1) is 0 Å². The lowest BCUT2D eigenvalue weighted by Crippen LogP contribution is -2.70. The van der Waals surface area contributed by atoms with Gasteiger partial charge in [0.2, 0.25) is 0 Å². The van der Waals surface area contributed by atoms with E-state index >= 15 is 0 Å². The lowest BCUT2D eigenvalue weighted by Gasteiger charge is -2.53. The van der Waals surface area contributed by atoms with E-state index in [0.29, 0.717) is 12.3 Å². The summed E-state index contributed by atoms with van der Waals surface area (Å²) < 4.78 is 5.57. The first-order valence-electron chi connectivity index (χ1n) is 8.17. The minimum absolute atomic E-state index is 0.00961. The van der Waals surface area contributed by atoms with E-state index in [1.165, 1.54) is 21.6 Å². The second kappa shape index (κ2) is 6.96. The lowest BCUT2D eigenvalue weighted by molar-refractivity contribution is -0.157. The number of carbonyl (C=O) groups excluding carboxylic acids is 2. The summed E-state index contributed by atoms with van der Waals surface area (Å²) >= 11 is 0. The molecule has 1 aromatic rings. The van der Waals surface area contributed by atoms with E-state index in [0.717, 1.165) is 11.3 Å². The standard InChI is InChI=1S/C18H22N2O3S2/c1-12(2)9-10-23-14-7-5-13(6-8-14)11-18-17(22)19(3)16(24-25-18)15(21)20(18)4/h5-10,12,16H,11H2,1-4H3. The zero-order valence-corrected chi connectivity index (χ0v) is 16.4. The number of likely N-dealkylation sites (N-methyl/N-ethyl adjacent to an activating group) is 2. The van der Waals surface area contributed by atoms with Crippen LogP contribution in [-0.2, 0) is 16.0 Å². The van der Waals surface area contributed by atoms with Crippen LogP contribution in [0.25, 0.3) is 0 Å². The minimum Gasteiger partial charge on any atom is -0.465 e. The molecule has 3 aliphatic rings. The Kier molecular flexibility index (Phi) is 5.06. The van der Waals surface area contributed by atoms with Gasteiger partial charge in [-0.25, -0.2) is 0 Å². The number of nitrogens with zero attached hydrogens (tertiary/aromatic N) is 2. The molecule has 0 saturated carbocycles. The van der Waals surface area contributed by atoms with Gasteiger partial charge in [0.05, 0.1) is 6.26 Å². The number of carbonyl (C=O) groups is 2. The molecule has 25 heavy (non-hydrogen) atoms. The first-order chi connectivity index (χ1) is 11.8. The Morgan fingerprint density at radius 3 is 2.56 bits per heavy atom. The van der Waals surface area contributed by atoms with Crippen molar-refractivity contribution in [3.05, 3.63) is 42.2 Å².